The highest BCUT2D eigenvalue weighted by Gasteiger charge is 2.16. The lowest BCUT2D eigenvalue weighted by Crippen LogP contribution is -1.94. The minimum atomic E-state index is 0.886. The Morgan fingerprint density at radius 2 is 1.09 bits per heavy atom. The molecule has 0 amide bonds. The van der Waals surface area contributed by atoms with Gasteiger partial charge in [-0.05, 0) is 81.1 Å². The average molecular weight is 588 g/mol. The highest BCUT2D eigenvalue weighted by Crippen LogP contribution is 2.39. The van der Waals surface area contributed by atoms with Crippen LogP contribution in [0.25, 0.3) is 71.6 Å². The van der Waals surface area contributed by atoms with E-state index in [0.717, 1.165) is 12.1 Å². The van der Waals surface area contributed by atoms with Crippen LogP contribution in [-0.2, 0) is 6.42 Å². The van der Waals surface area contributed by atoms with E-state index in [9.17, 15) is 0 Å². The summed E-state index contributed by atoms with van der Waals surface area (Å²) in [6, 6.07) is 57.5. The van der Waals surface area contributed by atoms with E-state index >= 15 is 0 Å². The molecule has 0 aliphatic heterocycles. The number of hydrogen-bond acceptors (Lipinski definition) is 0. The number of benzene rings is 7. The van der Waals surface area contributed by atoms with Gasteiger partial charge in [0.2, 0.25) is 0 Å². The number of rotatable bonds is 7. The van der Waals surface area contributed by atoms with Gasteiger partial charge in [-0.25, -0.2) is 0 Å². The number of aromatic nitrogens is 1. The average Bonchev–Trinajstić information content (AvgIpc) is 3.46. The topological polar surface area (TPSA) is 4.93 Å². The van der Waals surface area contributed by atoms with Crippen molar-refractivity contribution in [2.24, 2.45) is 0 Å². The zero-order chi connectivity index (χ0) is 30.9. The quantitative estimate of drug-likeness (QED) is 0.163. The minimum Gasteiger partial charge on any atom is -0.309 e. The van der Waals surface area contributed by atoms with Crippen molar-refractivity contribution in [2.45, 2.75) is 6.42 Å². The summed E-state index contributed by atoms with van der Waals surface area (Å²) in [5, 5.41) is 5.00. The molecular weight excluding hydrogens is 555 g/mol. The van der Waals surface area contributed by atoms with E-state index in [1.807, 2.05) is 12.2 Å². The molecule has 46 heavy (non-hydrogen) atoms. The summed E-state index contributed by atoms with van der Waals surface area (Å²) in [4.78, 5) is 0. The van der Waals surface area contributed by atoms with Crippen LogP contribution in [-0.4, -0.2) is 4.57 Å². The van der Waals surface area contributed by atoms with Crippen LogP contribution in [0.3, 0.4) is 0 Å². The zero-order valence-corrected chi connectivity index (χ0v) is 25.6. The van der Waals surface area contributed by atoms with Crippen molar-refractivity contribution in [3.63, 3.8) is 0 Å². The first-order chi connectivity index (χ1) is 22.8. The Kier molecular flexibility index (Phi) is 7.13. The van der Waals surface area contributed by atoms with Crippen LogP contribution in [0.15, 0.2) is 183 Å². The number of allylic oxidation sites excluding steroid dienone is 3. The van der Waals surface area contributed by atoms with Gasteiger partial charge in [0.1, 0.15) is 0 Å². The van der Waals surface area contributed by atoms with E-state index in [1.165, 1.54) is 71.5 Å². The van der Waals surface area contributed by atoms with Crippen LogP contribution in [0.1, 0.15) is 5.56 Å². The zero-order valence-electron chi connectivity index (χ0n) is 25.6. The first-order valence-corrected chi connectivity index (χ1v) is 15.9. The Morgan fingerprint density at radius 1 is 0.478 bits per heavy atom. The molecule has 0 aliphatic carbocycles. The van der Waals surface area contributed by atoms with E-state index in [-0.39, 0.29) is 0 Å². The first-order valence-electron chi connectivity index (χ1n) is 15.9. The fourth-order valence-electron chi connectivity index (χ4n) is 6.73. The monoisotopic (exact) mass is 587 g/mol. The van der Waals surface area contributed by atoms with Gasteiger partial charge in [0.25, 0.3) is 0 Å². The van der Waals surface area contributed by atoms with E-state index in [2.05, 4.69) is 175 Å². The Labute approximate surface area is 270 Å². The van der Waals surface area contributed by atoms with E-state index in [4.69, 9.17) is 0 Å². The predicted molar refractivity (Wildman–Crippen MR) is 198 cm³/mol. The van der Waals surface area contributed by atoms with Crippen molar-refractivity contribution >= 4 is 32.6 Å². The highest BCUT2D eigenvalue weighted by molar-refractivity contribution is 6.19. The molecule has 0 atom stereocenters. The molecule has 0 unspecified atom stereocenters. The maximum atomic E-state index is 3.80. The van der Waals surface area contributed by atoms with Crippen molar-refractivity contribution < 1.29 is 0 Å². The molecule has 0 saturated heterocycles. The fourth-order valence-corrected chi connectivity index (χ4v) is 6.73. The Balaban J connectivity index is 1.30. The molecule has 1 heterocycles. The van der Waals surface area contributed by atoms with Crippen LogP contribution in [0.4, 0.5) is 0 Å². The summed E-state index contributed by atoms with van der Waals surface area (Å²) in [5.74, 6) is 0. The molecular formula is C45H33N. The molecule has 0 radical (unpaired) electrons. The second-order valence-corrected chi connectivity index (χ2v) is 11.8. The van der Waals surface area contributed by atoms with E-state index in [0.29, 0.717) is 0 Å². The summed E-state index contributed by atoms with van der Waals surface area (Å²) in [6.45, 7) is 3.80. The smallest absolute Gasteiger partial charge is 0.0619 e. The van der Waals surface area contributed by atoms with E-state index < -0.39 is 0 Å². The van der Waals surface area contributed by atoms with Crippen molar-refractivity contribution in [2.75, 3.05) is 0 Å². The molecule has 0 spiro atoms. The summed E-state index contributed by atoms with van der Waals surface area (Å²) < 4.78 is 2.45. The Bertz CT molecular complexity index is 2390. The van der Waals surface area contributed by atoms with Crippen LogP contribution in [0, 0.1) is 0 Å². The molecule has 8 rings (SSSR count). The maximum absolute atomic E-state index is 3.80. The summed E-state index contributed by atoms with van der Waals surface area (Å²) >= 11 is 0. The summed E-state index contributed by atoms with van der Waals surface area (Å²) in [5.41, 5.74) is 12.2. The first kappa shape index (κ1) is 27.6. The van der Waals surface area contributed by atoms with Gasteiger partial charge in [-0.2, -0.15) is 0 Å². The SMILES string of the molecule is C=C/C=C\Cc1cccc(-c2ccc3c4ccc5cc(-c6cccc(-c7ccccc7)c6)ccc5c4n(-c4ccccc4)c3c2)c1. The van der Waals surface area contributed by atoms with Gasteiger partial charge < -0.3 is 4.57 Å². The Hall–Kier alpha value is -5.92. The van der Waals surface area contributed by atoms with Crippen molar-refractivity contribution in [3.8, 4) is 39.1 Å². The lowest BCUT2D eigenvalue weighted by Gasteiger charge is -2.12. The maximum Gasteiger partial charge on any atom is 0.0619 e. The normalized spacial score (nSPS) is 11.6. The van der Waals surface area contributed by atoms with Gasteiger partial charge in [-0.1, -0.05) is 152 Å². The molecule has 0 fully saturated rings. The second-order valence-electron chi connectivity index (χ2n) is 11.8. The fraction of sp³-hybridized carbons (Fsp3) is 0.0222. The third-order valence-corrected chi connectivity index (χ3v) is 8.95. The lowest BCUT2D eigenvalue weighted by atomic mass is 9.96. The molecule has 8 aromatic rings. The van der Waals surface area contributed by atoms with E-state index in [1.54, 1.807) is 0 Å². The molecule has 1 aromatic heterocycles. The Morgan fingerprint density at radius 3 is 1.87 bits per heavy atom. The molecule has 0 saturated carbocycles. The molecule has 0 aliphatic rings. The third kappa shape index (κ3) is 5.02. The number of nitrogens with zero attached hydrogens (tertiary/aromatic N) is 1. The van der Waals surface area contributed by atoms with Crippen LogP contribution < -0.4 is 0 Å². The van der Waals surface area contributed by atoms with Crippen LogP contribution in [0.2, 0.25) is 0 Å². The van der Waals surface area contributed by atoms with Crippen LogP contribution in [0.5, 0.6) is 0 Å². The number of para-hydroxylation sites is 1. The summed E-state index contributed by atoms with van der Waals surface area (Å²) in [7, 11) is 0. The van der Waals surface area contributed by atoms with Crippen molar-refractivity contribution in [1.82, 2.24) is 4.57 Å². The van der Waals surface area contributed by atoms with Crippen molar-refractivity contribution in [3.05, 3.63) is 188 Å². The lowest BCUT2D eigenvalue weighted by molar-refractivity contribution is 1.19. The predicted octanol–water partition coefficient (Wildman–Crippen LogP) is 12.2. The second kappa shape index (κ2) is 11.9. The van der Waals surface area contributed by atoms with Gasteiger partial charge in [0.15, 0.2) is 0 Å². The highest BCUT2D eigenvalue weighted by atomic mass is 15.0. The van der Waals surface area contributed by atoms with Gasteiger partial charge in [0, 0.05) is 21.8 Å². The number of hydrogen-bond donors (Lipinski definition) is 0. The van der Waals surface area contributed by atoms with Gasteiger partial charge >= 0.3 is 0 Å². The molecule has 1 heteroatoms. The molecule has 7 aromatic carbocycles. The van der Waals surface area contributed by atoms with Gasteiger partial charge in [0.05, 0.1) is 11.0 Å². The number of fused-ring (bicyclic) bond motifs is 5. The van der Waals surface area contributed by atoms with Gasteiger partial charge in [-0.15, -0.1) is 0 Å². The minimum absolute atomic E-state index is 0.886. The van der Waals surface area contributed by atoms with Gasteiger partial charge in [-0.3, -0.25) is 0 Å². The standard InChI is InChI=1S/C45H33N/c1-2-3-6-13-32-14-11-17-34(28-32)38-23-26-42-43-27-24-39-30-37(36-19-12-18-35(29-36)33-15-7-4-8-16-33)22-25-41(39)45(43)46(44(42)31-38)40-20-9-5-10-21-40/h2-12,14-31H,1,13H2/b6-3-. The molecule has 0 N–H and O–H groups in total. The largest absolute Gasteiger partial charge is 0.309 e. The summed E-state index contributed by atoms with van der Waals surface area (Å²) in [6.07, 6.45) is 6.87. The third-order valence-electron chi connectivity index (χ3n) is 8.95. The molecule has 1 nitrogen and oxygen atoms in total. The van der Waals surface area contributed by atoms with Crippen molar-refractivity contribution in [1.29, 1.82) is 0 Å². The molecule has 0 bridgehead atoms. The molecule has 218 valence electrons. The van der Waals surface area contributed by atoms with Crippen LogP contribution >= 0.6 is 0 Å².